The Balaban J connectivity index is 2.07. The number of esters is 1. The molecule has 6 heteroatoms. The van der Waals surface area contributed by atoms with Gasteiger partial charge in [0.05, 0.1) is 12.7 Å². The minimum Gasteiger partial charge on any atom is -0.507 e. The van der Waals surface area contributed by atoms with Crippen LogP contribution < -0.4 is 4.74 Å². The Labute approximate surface area is 143 Å². The van der Waals surface area contributed by atoms with Crippen LogP contribution >= 0.6 is 11.6 Å². The maximum absolute atomic E-state index is 12.2. The molecule has 0 saturated carbocycles. The van der Waals surface area contributed by atoms with E-state index in [0.29, 0.717) is 21.9 Å². The zero-order valence-electron chi connectivity index (χ0n) is 12.7. The number of cyclic esters (lactones) is 1. The number of hydrogen-bond acceptors (Lipinski definition) is 5. The van der Waals surface area contributed by atoms with Gasteiger partial charge in [0.25, 0.3) is 5.78 Å². The molecule has 2 aromatic carbocycles. The fourth-order valence-corrected chi connectivity index (χ4v) is 2.58. The van der Waals surface area contributed by atoms with E-state index in [1.54, 1.807) is 48.5 Å². The van der Waals surface area contributed by atoms with Crippen molar-refractivity contribution in [2.45, 2.75) is 6.10 Å². The summed E-state index contributed by atoms with van der Waals surface area (Å²) in [7, 11) is 1.53. The third-order valence-electron chi connectivity index (χ3n) is 3.71. The van der Waals surface area contributed by atoms with Crippen molar-refractivity contribution in [2.75, 3.05) is 7.11 Å². The number of aliphatic hydroxyl groups excluding tert-OH is 1. The number of aliphatic hydroxyl groups is 1. The molecule has 1 saturated heterocycles. The summed E-state index contributed by atoms with van der Waals surface area (Å²) in [6.45, 7) is 0. The Morgan fingerprint density at radius 2 is 1.71 bits per heavy atom. The lowest BCUT2D eigenvalue weighted by atomic mass is 9.96. The summed E-state index contributed by atoms with van der Waals surface area (Å²) in [6.07, 6.45) is -0.966. The van der Waals surface area contributed by atoms with Gasteiger partial charge in [0, 0.05) is 10.6 Å². The number of rotatable bonds is 3. The molecule has 0 amide bonds. The van der Waals surface area contributed by atoms with Crippen molar-refractivity contribution >= 4 is 29.1 Å². The van der Waals surface area contributed by atoms with Crippen molar-refractivity contribution in [2.24, 2.45) is 0 Å². The minimum absolute atomic E-state index is 0.0903. The van der Waals surface area contributed by atoms with Crippen molar-refractivity contribution in [1.82, 2.24) is 0 Å². The van der Waals surface area contributed by atoms with Crippen LogP contribution in [0, 0.1) is 0 Å². The highest BCUT2D eigenvalue weighted by molar-refractivity contribution is 6.44. The predicted octanol–water partition coefficient (Wildman–Crippen LogP) is 3.48. The second-order valence-electron chi connectivity index (χ2n) is 5.16. The molecule has 1 N–H and O–H groups in total. The van der Waals surface area contributed by atoms with Crippen LogP contribution in [0.15, 0.2) is 54.1 Å². The third kappa shape index (κ3) is 2.86. The molecule has 0 aliphatic carbocycles. The zero-order valence-corrected chi connectivity index (χ0v) is 13.4. The maximum Gasteiger partial charge on any atom is 0.380 e. The van der Waals surface area contributed by atoms with Gasteiger partial charge in [0.15, 0.2) is 6.10 Å². The van der Waals surface area contributed by atoms with Gasteiger partial charge in [-0.05, 0) is 42.0 Å². The molecule has 1 aliphatic heterocycles. The van der Waals surface area contributed by atoms with E-state index < -0.39 is 17.9 Å². The number of methoxy groups -OCH3 is 1. The first-order valence-electron chi connectivity index (χ1n) is 7.09. The summed E-state index contributed by atoms with van der Waals surface area (Å²) < 4.78 is 10.2. The number of hydrogen-bond donors (Lipinski definition) is 1. The van der Waals surface area contributed by atoms with Crippen LogP contribution in [0.2, 0.25) is 5.02 Å². The molecule has 24 heavy (non-hydrogen) atoms. The van der Waals surface area contributed by atoms with E-state index in [1.165, 1.54) is 7.11 Å². The number of carbonyl (C=O) groups is 2. The van der Waals surface area contributed by atoms with Crippen LogP contribution in [-0.2, 0) is 14.3 Å². The Bertz CT molecular complexity index is 821. The van der Waals surface area contributed by atoms with Gasteiger partial charge >= 0.3 is 5.97 Å². The Hall–Kier alpha value is -2.79. The fourth-order valence-electron chi connectivity index (χ4n) is 2.46. The number of ether oxygens (including phenoxy) is 2. The summed E-state index contributed by atoms with van der Waals surface area (Å²) in [5.74, 6) is -1.53. The van der Waals surface area contributed by atoms with E-state index in [0.717, 1.165) is 0 Å². The molecule has 1 atom stereocenters. The molecule has 1 unspecified atom stereocenters. The average Bonchev–Trinajstić information content (AvgIpc) is 2.90. The normalized spacial score (nSPS) is 19.2. The van der Waals surface area contributed by atoms with E-state index in [9.17, 15) is 14.7 Å². The summed E-state index contributed by atoms with van der Waals surface area (Å²) in [5, 5.41) is 11.0. The minimum atomic E-state index is -0.994. The van der Waals surface area contributed by atoms with E-state index in [4.69, 9.17) is 21.1 Å². The topological polar surface area (TPSA) is 72.8 Å². The first kappa shape index (κ1) is 16.1. The quantitative estimate of drug-likeness (QED) is 0.399. The Kier molecular flexibility index (Phi) is 4.27. The summed E-state index contributed by atoms with van der Waals surface area (Å²) in [6, 6.07) is 13.0. The molecule has 1 heterocycles. The number of carbonyl (C=O) groups excluding carboxylic acids is 2. The van der Waals surface area contributed by atoms with E-state index >= 15 is 0 Å². The van der Waals surface area contributed by atoms with E-state index in [2.05, 4.69) is 0 Å². The second kappa shape index (κ2) is 6.37. The maximum atomic E-state index is 12.2. The monoisotopic (exact) mass is 344 g/mol. The lowest BCUT2D eigenvalue weighted by Crippen LogP contribution is -2.08. The highest BCUT2D eigenvalue weighted by Crippen LogP contribution is 2.37. The molecule has 3 rings (SSSR count). The van der Waals surface area contributed by atoms with Gasteiger partial charge < -0.3 is 14.6 Å². The lowest BCUT2D eigenvalue weighted by molar-refractivity contribution is -0.149. The molecular formula is C18H13ClO5. The summed E-state index contributed by atoms with van der Waals surface area (Å²) in [5.41, 5.74) is 0.845. The van der Waals surface area contributed by atoms with Crippen LogP contribution in [0.1, 0.15) is 17.2 Å². The van der Waals surface area contributed by atoms with Crippen molar-refractivity contribution < 1.29 is 24.2 Å². The highest BCUT2D eigenvalue weighted by Gasteiger charge is 2.42. The van der Waals surface area contributed by atoms with Gasteiger partial charge in [-0.2, -0.15) is 0 Å². The first-order chi connectivity index (χ1) is 11.5. The number of halogens is 1. The Morgan fingerprint density at radius 3 is 2.29 bits per heavy atom. The molecule has 1 fully saturated rings. The Morgan fingerprint density at radius 1 is 1.08 bits per heavy atom. The van der Waals surface area contributed by atoms with Crippen LogP contribution in [0.3, 0.4) is 0 Å². The number of benzene rings is 2. The number of ketones is 1. The fraction of sp³-hybridized carbons (Fsp3) is 0.111. The van der Waals surface area contributed by atoms with Gasteiger partial charge in [-0.1, -0.05) is 23.7 Å². The summed E-state index contributed by atoms with van der Waals surface area (Å²) >= 11 is 5.83. The molecule has 0 spiro atoms. The molecule has 122 valence electrons. The van der Waals surface area contributed by atoms with Crippen LogP contribution in [0.4, 0.5) is 0 Å². The van der Waals surface area contributed by atoms with Crippen molar-refractivity contribution in [1.29, 1.82) is 0 Å². The second-order valence-corrected chi connectivity index (χ2v) is 5.59. The van der Waals surface area contributed by atoms with Crippen molar-refractivity contribution in [3.63, 3.8) is 0 Å². The largest absolute Gasteiger partial charge is 0.507 e. The van der Waals surface area contributed by atoms with Gasteiger partial charge in [0.1, 0.15) is 11.5 Å². The van der Waals surface area contributed by atoms with Crippen molar-refractivity contribution in [3.05, 3.63) is 70.3 Å². The van der Waals surface area contributed by atoms with Gasteiger partial charge in [-0.3, -0.25) is 4.79 Å². The molecule has 2 aromatic rings. The lowest BCUT2D eigenvalue weighted by Gasteiger charge is -2.13. The molecule has 1 aliphatic rings. The van der Waals surface area contributed by atoms with Crippen LogP contribution in [0.25, 0.3) is 5.76 Å². The SMILES string of the molecule is COc1ccc(C2OC(=O)C(=O)C2=C(O)c2ccc(Cl)cc2)cc1. The van der Waals surface area contributed by atoms with Gasteiger partial charge in [-0.25, -0.2) is 4.79 Å². The van der Waals surface area contributed by atoms with Crippen molar-refractivity contribution in [3.8, 4) is 5.75 Å². The van der Waals surface area contributed by atoms with Gasteiger partial charge in [0.2, 0.25) is 0 Å². The average molecular weight is 345 g/mol. The predicted molar refractivity (Wildman–Crippen MR) is 87.8 cm³/mol. The number of Topliss-reactive ketones (excluding diaryl/α,β-unsaturated/α-hetero) is 1. The van der Waals surface area contributed by atoms with Crippen LogP contribution in [0.5, 0.6) is 5.75 Å². The van der Waals surface area contributed by atoms with Gasteiger partial charge in [-0.15, -0.1) is 0 Å². The molecule has 5 nitrogen and oxygen atoms in total. The van der Waals surface area contributed by atoms with E-state index in [1.807, 2.05) is 0 Å². The smallest absolute Gasteiger partial charge is 0.380 e. The molecule has 0 radical (unpaired) electrons. The molecule has 0 bridgehead atoms. The zero-order chi connectivity index (χ0) is 17.3. The molecular weight excluding hydrogens is 332 g/mol. The highest BCUT2D eigenvalue weighted by atomic mass is 35.5. The summed E-state index contributed by atoms with van der Waals surface area (Å²) in [4.78, 5) is 23.9. The van der Waals surface area contributed by atoms with Crippen LogP contribution in [-0.4, -0.2) is 24.0 Å². The first-order valence-corrected chi connectivity index (χ1v) is 7.47. The molecule has 0 aromatic heterocycles. The standard InChI is InChI=1S/C18H13ClO5/c1-23-13-8-4-11(5-9-13)17-14(16(21)18(22)24-17)15(20)10-2-6-12(19)7-3-10/h2-9,17,20H,1H3. The van der Waals surface area contributed by atoms with E-state index in [-0.39, 0.29) is 11.3 Å². The third-order valence-corrected chi connectivity index (χ3v) is 3.96.